The number of para-hydroxylation sites is 7. The average Bonchev–Trinajstić information content (AvgIpc) is 1.54. The lowest BCUT2D eigenvalue weighted by atomic mass is 9.94. The van der Waals surface area contributed by atoms with E-state index in [0.29, 0.717) is 17.0 Å². The molecule has 23 rings (SSSR count). The summed E-state index contributed by atoms with van der Waals surface area (Å²) < 4.78 is 108. The van der Waals surface area contributed by atoms with Crippen LogP contribution in [-0.2, 0) is 0 Å². The molecule has 3 aliphatic rings. The third kappa shape index (κ3) is 11.4. The van der Waals surface area contributed by atoms with Crippen LogP contribution in [0.3, 0.4) is 0 Å². The van der Waals surface area contributed by atoms with Crippen molar-refractivity contribution in [2.24, 2.45) is 0 Å². The fourth-order valence-electron chi connectivity index (χ4n) is 18.5. The van der Waals surface area contributed by atoms with E-state index in [1.807, 2.05) is 69.3 Å². The second-order valence-corrected chi connectivity index (χ2v) is 31.1. The molecule has 0 bridgehead atoms. The largest absolute Gasteiger partial charge is 0.456 e. The lowest BCUT2D eigenvalue weighted by molar-refractivity contribution is 0.650. The van der Waals surface area contributed by atoms with Crippen LogP contribution in [0, 0.1) is 48.5 Å². The normalized spacial score (nSPS) is 15.9. The van der Waals surface area contributed by atoms with E-state index in [-0.39, 0.29) is 12.3 Å². The summed E-state index contributed by atoms with van der Waals surface area (Å²) in [5.41, 5.74) is 31.5. The number of hydrogen-bond acceptors (Lipinski definition) is 12. The fourth-order valence-corrected chi connectivity index (χ4v) is 18.5. The molecular formula is C105H99N7O5. The Morgan fingerprint density at radius 2 is 0.821 bits per heavy atom. The number of furan rings is 5. The molecule has 3 aliphatic heterocycles. The molecule has 0 fully saturated rings. The quantitative estimate of drug-likeness (QED) is 0.152. The molecule has 0 aliphatic carbocycles. The molecule has 0 saturated carbocycles. The van der Waals surface area contributed by atoms with E-state index in [2.05, 4.69) is 310 Å². The van der Waals surface area contributed by atoms with Gasteiger partial charge < -0.3 is 51.5 Å². The number of hydrogen-bond donors (Lipinski definition) is 0. The topological polar surface area (TPSA) is 98.0 Å². The van der Waals surface area contributed by atoms with Gasteiger partial charge in [-0.05, 0) is 186 Å². The van der Waals surface area contributed by atoms with Gasteiger partial charge in [-0.25, -0.2) is 0 Å². The molecule has 584 valence electrons. The zero-order chi connectivity index (χ0) is 92.4. The van der Waals surface area contributed by atoms with Crippen LogP contribution >= 0.6 is 0 Å². The summed E-state index contributed by atoms with van der Waals surface area (Å²) in [5, 5.41) is 10.7. The molecule has 20 aromatic rings. The summed E-state index contributed by atoms with van der Waals surface area (Å²) in [6.07, 6.45) is -0.489. The number of nitrogens with zero attached hydrogens (tertiary/aromatic N) is 7. The van der Waals surface area contributed by atoms with E-state index >= 15 is 0 Å². The third-order valence-electron chi connectivity index (χ3n) is 24.0. The van der Waals surface area contributed by atoms with E-state index in [1.54, 1.807) is 0 Å². The number of aryl methyl sites for hydroxylation is 7. The Morgan fingerprint density at radius 3 is 1.50 bits per heavy atom. The van der Waals surface area contributed by atoms with Gasteiger partial charge in [-0.1, -0.05) is 227 Å². The van der Waals surface area contributed by atoms with Crippen LogP contribution in [0.15, 0.2) is 307 Å². The second-order valence-electron chi connectivity index (χ2n) is 31.1. The molecule has 9 heterocycles. The van der Waals surface area contributed by atoms with Crippen LogP contribution in [-0.4, -0.2) is 30.5 Å². The minimum atomic E-state index is -2.32. The highest BCUT2D eigenvalue weighted by Gasteiger charge is 2.43. The number of pyridine rings is 1. The van der Waals surface area contributed by atoms with Gasteiger partial charge in [-0.3, -0.25) is 0 Å². The lowest BCUT2D eigenvalue weighted by Crippen LogP contribution is -2.36. The SMILES string of the molecule is Cc1ccc(C)c(N2c3nc4oc5c(C)cccc5c4cc3N(c3c(-c4ccccc4)cccc3-c3ccccc3)[C@@H]2C)c1.Cc1ccc2c(oc3ccccc32)c1N1c2ccc3oc4c(C)cccc4c3c2N(c2ccccc2)[C@@H]1C.[2H]C.[2H]C.[2H]C([2H])([2H])N1c2cc3oc4c(C)cccc4c3cc2N(c2cc3c(cc2C)oc2ccccc23)[C@H]1C.[2H][2H].[2H][2H].[2H][2H].[2H][2H]. The van der Waals surface area contributed by atoms with E-state index in [9.17, 15) is 0 Å². The first-order valence-corrected chi connectivity index (χ1v) is 39.5. The molecule has 0 unspecified atom stereocenters. The van der Waals surface area contributed by atoms with Crippen molar-refractivity contribution in [1.29, 1.82) is 0 Å². The summed E-state index contributed by atoms with van der Waals surface area (Å²) in [4.78, 5) is 18.7. The monoisotopic (exact) mass is 1550 g/mol. The summed E-state index contributed by atoms with van der Waals surface area (Å²) in [6.45, 7) is 19.0. The Kier molecular flexibility index (Phi) is 15.3. The Labute approximate surface area is 700 Å². The third-order valence-corrected chi connectivity index (χ3v) is 24.0. The van der Waals surface area contributed by atoms with Crippen LogP contribution in [0.1, 0.15) is 93.3 Å². The predicted octanol–water partition coefficient (Wildman–Crippen LogP) is 30.9. The molecule has 3 atom stereocenters. The van der Waals surface area contributed by atoms with Gasteiger partial charge in [-0.2, -0.15) is 4.98 Å². The molecular weight excluding hydrogens is 1440 g/mol. The maximum absolute atomic E-state index is 8.35. The fraction of sp³-hybridized carbons (Fsp3) is 0.152. The number of fused-ring (bicyclic) bond motifs is 19. The van der Waals surface area contributed by atoms with Gasteiger partial charge in [0.05, 0.1) is 50.6 Å². The molecule has 0 saturated heterocycles. The maximum atomic E-state index is 8.35. The molecule has 6 aromatic heterocycles. The Bertz CT molecular complexity index is 7450. The minimum absolute atomic E-state index is 0.00488. The second kappa shape index (κ2) is 28.2. The van der Waals surface area contributed by atoms with E-state index < -0.39 is 13.1 Å². The van der Waals surface area contributed by atoms with Crippen molar-refractivity contribution >= 4 is 173 Å². The first-order valence-electron chi connectivity index (χ1n) is 47.0. The van der Waals surface area contributed by atoms with E-state index in [0.717, 1.165) is 178 Å². The van der Waals surface area contributed by atoms with Gasteiger partial charge >= 0.3 is 0 Å². The van der Waals surface area contributed by atoms with E-state index in [4.69, 9.17) is 45.8 Å². The highest BCUT2D eigenvalue weighted by Crippen LogP contribution is 2.58. The van der Waals surface area contributed by atoms with Crippen LogP contribution in [0.4, 0.5) is 62.7 Å². The summed E-state index contributed by atoms with van der Waals surface area (Å²) in [6, 6.07) is 99.7. The molecule has 14 aromatic carbocycles. The van der Waals surface area contributed by atoms with Crippen molar-refractivity contribution in [1.82, 2.24) is 4.98 Å². The number of anilines is 11. The Hall–Kier alpha value is -14.0. The zero-order valence-corrected chi connectivity index (χ0v) is 67.5. The first kappa shape index (κ1) is 63.4. The zero-order valence-electron chi connectivity index (χ0n) is 80.5. The van der Waals surface area contributed by atoms with Crippen molar-refractivity contribution in [2.45, 2.75) is 103 Å². The molecule has 0 N–H and O–H groups in total. The molecule has 0 radical (unpaired) electrons. The van der Waals surface area contributed by atoms with Gasteiger partial charge in [0.1, 0.15) is 63.2 Å². The van der Waals surface area contributed by atoms with Gasteiger partial charge in [0.15, 0.2) is 11.4 Å². The van der Waals surface area contributed by atoms with Crippen LogP contribution in [0.2, 0.25) is 0 Å². The average molecular weight is 1550 g/mol. The predicted molar refractivity (Wildman–Crippen MR) is 499 cm³/mol. The molecule has 12 heteroatoms. The van der Waals surface area contributed by atoms with Gasteiger partial charge in [0, 0.05) is 103 Å². The van der Waals surface area contributed by atoms with Crippen LogP contribution in [0.5, 0.6) is 0 Å². The summed E-state index contributed by atoms with van der Waals surface area (Å²) >= 11 is 0. The van der Waals surface area contributed by atoms with Crippen molar-refractivity contribution < 1.29 is 40.8 Å². The molecule has 12 nitrogen and oxygen atoms in total. The highest BCUT2D eigenvalue weighted by molar-refractivity contribution is 6.20. The van der Waals surface area contributed by atoms with Gasteiger partial charge in [-0.15, -0.1) is 0 Å². The first-order chi connectivity index (χ1) is 63.3. The molecule has 0 amide bonds. The van der Waals surface area contributed by atoms with Crippen molar-refractivity contribution in [2.75, 3.05) is 36.4 Å². The number of benzene rings is 14. The van der Waals surface area contributed by atoms with Crippen LogP contribution in [0.25, 0.3) is 132 Å². The van der Waals surface area contributed by atoms with Gasteiger partial charge in [0.2, 0.25) is 5.71 Å². The minimum Gasteiger partial charge on any atom is -0.456 e. The van der Waals surface area contributed by atoms with Gasteiger partial charge in [0.25, 0.3) is 0 Å². The number of aromatic nitrogens is 1. The molecule has 0 spiro atoms. The maximum Gasteiger partial charge on any atom is 0.229 e. The van der Waals surface area contributed by atoms with Crippen molar-refractivity contribution in [3.05, 3.63) is 324 Å². The van der Waals surface area contributed by atoms with Crippen molar-refractivity contribution in [3.8, 4) is 22.3 Å². The van der Waals surface area contributed by atoms with Crippen LogP contribution < -0.4 is 29.4 Å². The highest BCUT2D eigenvalue weighted by atomic mass is 16.3. The summed E-state index contributed by atoms with van der Waals surface area (Å²) in [7, 11) is 2.50. The standard InChI is InChI=1S/C40H33N3O.C34H26N2O2.C29H24N2O2.2CH4.4H2/c1-25-21-22-26(2)35(23-25)43-28(4)42(36-24-34-33-20-11-13-27(3)38(33)44-40(34)41-39(36)43)37-31(29-14-7-5-8-15-29)18-12-19-32(37)30-16-9-6-10-17-30;1-20-16-17-25-24-13-7-8-15-28(24)37-34(25)31(20)36-22(3)35(23-11-5-4-6-12-23)32-27(36)18-19-29-30(32)26-14-9-10-21(2)33(26)38-29;1-16-8-7-10-20-22-14-25-24(15-28(22)33-29(16)20)30(4)18(3)31(25)23-13-21-19-9-5-6-11-26(19)32-27(21)12-17(23)2;;;;;;/h5-24,28H,1-4H3;4-19,22H,1-3H3;5-15,18H,1-4H3;2*1H4;4*1H/t28-;22-;18-;;;;;;/m000....../s1/i;;4D3;2*1D;4*1+1D. The van der Waals surface area contributed by atoms with Crippen molar-refractivity contribution in [3.63, 3.8) is 0 Å². The lowest BCUT2D eigenvalue weighted by Gasteiger charge is -2.33. The van der Waals surface area contributed by atoms with E-state index in [1.165, 1.54) is 58.6 Å². The molecule has 117 heavy (non-hydrogen) atoms. The number of rotatable bonds is 7. The Balaban J connectivity index is 0.000000142. The smallest absolute Gasteiger partial charge is 0.229 e. The summed E-state index contributed by atoms with van der Waals surface area (Å²) in [5.74, 6) is 0.900. The Morgan fingerprint density at radius 1 is 0.316 bits per heavy atom.